The van der Waals surface area contributed by atoms with Crippen molar-refractivity contribution in [1.29, 1.82) is 0 Å². The van der Waals surface area contributed by atoms with E-state index in [9.17, 15) is 13.2 Å². The standard InChI is InChI=1S/C10H16N2O3S/c1-2-3-9(11)10(13)12-8-4-6-16(14,15)7-5-8/h1,8-9H,3-7,11H2,(H,12,13). The fraction of sp³-hybridized carbons (Fsp3) is 0.700. The fourth-order valence-corrected chi connectivity index (χ4v) is 3.05. The molecule has 90 valence electrons. The van der Waals surface area contributed by atoms with E-state index < -0.39 is 15.9 Å². The number of nitrogens with one attached hydrogen (secondary N) is 1. The number of rotatable bonds is 3. The minimum atomic E-state index is -2.90. The third-order valence-electron chi connectivity index (χ3n) is 2.58. The summed E-state index contributed by atoms with van der Waals surface area (Å²) in [5.41, 5.74) is 5.53. The molecular formula is C10H16N2O3S. The lowest BCUT2D eigenvalue weighted by Crippen LogP contribution is -2.47. The number of hydrogen-bond acceptors (Lipinski definition) is 4. The van der Waals surface area contributed by atoms with E-state index in [0.29, 0.717) is 12.8 Å². The molecule has 0 aromatic rings. The van der Waals surface area contributed by atoms with Crippen LogP contribution < -0.4 is 11.1 Å². The Bertz CT molecular complexity index is 383. The minimum Gasteiger partial charge on any atom is -0.352 e. The van der Waals surface area contributed by atoms with Gasteiger partial charge in [0.15, 0.2) is 0 Å². The number of sulfone groups is 1. The van der Waals surface area contributed by atoms with Crippen molar-refractivity contribution in [2.75, 3.05) is 11.5 Å². The summed E-state index contributed by atoms with van der Waals surface area (Å²) in [4.78, 5) is 11.5. The monoisotopic (exact) mass is 244 g/mol. The number of carbonyl (C=O) groups is 1. The predicted octanol–water partition coefficient (Wildman–Crippen LogP) is -0.970. The Labute approximate surface area is 95.7 Å². The normalized spacial score (nSPS) is 22.0. The quantitative estimate of drug-likeness (QED) is 0.625. The smallest absolute Gasteiger partial charge is 0.238 e. The zero-order chi connectivity index (χ0) is 12.2. The molecule has 1 aliphatic heterocycles. The summed E-state index contributed by atoms with van der Waals surface area (Å²) in [6.45, 7) is 0. The zero-order valence-electron chi connectivity index (χ0n) is 8.98. The molecule has 0 bridgehead atoms. The van der Waals surface area contributed by atoms with Crippen LogP contribution in [0.1, 0.15) is 19.3 Å². The van der Waals surface area contributed by atoms with Crippen molar-refractivity contribution in [2.45, 2.75) is 31.3 Å². The minimum absolute atomic E-state index is 0.0974. The Hall–Kier alpha value is -1.06. The van der Waals surface area contributed by atoms with Gasteiger partial charge in [-0.3, -0.25) is 4.79 Å². The maximum absolute atomic E-state index is 11.5. The van der Waals surface area contributed by atoms with Gasteiger partial charge in [0, 0.05) is 12.5 Å². The van der Waals surface area contributed by atoms with Crippen LogP contribution in [0.15, 0.2) is 0 Å². The number of carbonyl (C=O) groups excluding carboxylic acids is 1. The van der Waals surface area contributed by atoms with Crippen LogP contribution in [0.3, 0.4) is 0 Å². The summed E-state index contributed by atoms with van der Waals surface area (Å²) in [5, 5.41) is 2.72. The van der Waals surface area contributed by atoms with E-state index in [1.165, 1.54) is 0 Å². The van der Waals surface area contributed by atoms with Crippen LogP contribution in [0, 0.1) is 12.3 Å². The first-order valence-corrected chi connectivity index (χ1v) is 6.96. The van der Waals surface area contributed by atoms with E-state index in [0.717, 1.165) is 0 Å². The van der Waals surface area contributed by atoms with Gasteiger partial charge in [-0.2, -0.15) is 0 Å². The van der Waals surface area contributed by atoms with E-state index in [-0.39, 0.29) is 29.9 Å². The highest BCUT2D eigenvalue weighted by molar-refractivity contribution is 7.91. The van der Waals surface area contributed by atoms with Gasteiger partial charge in [-0.15, -0.1) is 12.3 Å². The Balaban J connectivity index is 2.40. The maximum atomic E-state index is 11.5. The lowest BCUT2D eigenvalue weighted by Gasteiger charge is -2.24. The Morgan fingerprint density at radius 1 is 1.50 bits per heavy atom. The van der Waals surface area contributed by atoms with Gasteiger partial charge in [0.25, 0.3) is 0 Å². The van der Waals surface area contributed by atoms with Crippen molar-refractivity contribution < 1.29 is 13.2 Å². The van der Waals surface area contributed by atoms with Crippen LogP contribution in [-0.2, 0) is 14.6 Å². The van der Waals surface area contributed by atoms with Gasteiger partial charge in [0.05, 0.1) is 17.5 Å². The van der Waals surface area contributed by atoms with E-state index in [4.69, 9.17) is 12.2 Å². The third kappa shape index (κ3) is 3.83. The van der Waals surface area contributed by atoms with E-state index in [2.05, 4.69) is 11.2 Å². The van der Waals surface area contributed by atoms with Crippen molar-refractivity contribution in [2.24, 2.45) is 5.73 Å². The molecule has 0 saturated carbocycles. The second kappa shape index (κ2) is 5.32. The summed E-state index contributed by atoms with van der Waals surface area (Å²) in [5.74, 6) is 2.27. The molecule has 0 aromatic carbocycles. The van der Waals surface area contributed by atoms with E-state index in [1.807, 2.05) is 0 Å². The van der Waals surface area contributed by atoms with Crippen molar-refractivity contribution in [3.05, 3.63) is 0 Å². The van der Waals surface area contributed by atoms with Crippen LogP contribution in [-0.4, -0.2) is 37.9 Å². The van der Waals surface area contributed by atoms with Crippen molar-refractivity contribution >= 4 is 15.7 Å². The third-order valence-corrected chi connectivity index (χ3v) is 4.29. The molecule has 3 N–H and O–H groups in total. The number of terminal acetylenes is 1. The molecule has 16 heavy (non-hydrogen) atoms. The second-order valence-corrected chi connectivity index (χ2v) is 6.25. The highest BCUT2D eigenvalue weighted by Crippen LogP contribution is 2.12. The predicted molar refractivity (Wildman–Crippen MR) is 61.2 cm³/mol. The first-order valence-electron chi connectivity index (χ1n) is 5.14. The van der Waals surface area contributed by atoms with Gasteiger partial charge < -0.3 is 11.1 Å². The molecule has 0 aromatic heterocycles. The highest BCUT2D eigenvalue weighted by atomic mass is 32.2. The summed E-state index contributed by atoms with van der Waals surface area (Å²) in [6.07, 6.45) is 6.15. The van der Waals surface area contributed by atoms with Gasteiger partial charge in [-0.05, 0) is 12.8 Å². The van der Waals surface area contributed by atoms with Gasteiger partial charge in [-0.1, -0.05) is 0 Å². The molecule has 1 rings (SSSR count). The van der Waals surface area contributed by atoms with E-state index in [1.54, 1.807) is 0 Å². The number of amides is 1. The first-order chi connectivity index (χ1) is 7.44. The Morgan fingerprint density at radius 3 is 2.56 bits per heavy atom. The SMILES string of the molecule is C#CCC(N)C(=O)NC1CCS(=O)(=O)CC1. The van der Waals surface area contributed by atoms with Crippen molar-refractivity contribution in [3.8, 4) is 12.3 Å². The molecule has 1 saturated heterocycles. The van der Waals surface area contributed by atoms with Crippen molar-refractivity contribution in [1.82, 2.24) is 5.32 Å². The topological polar surface area (TPSA) is 89.3 Å². The van der Waals surface area contributed by atoms with Gasteiger partial charge in [0.1, 0.15) is 9.84 Å². The Kier molecular flexibility index (Phi) is 4.33. The highest BCUT2D eigenvalue weighted by Gasteiger charge is 2.25. The molecule has 5 nitrogen and oxygen atoms in total. The summed E-state index contributed by atoms with van der Waals surface area (Å²) in [7, 11) is -2.90. The average Bonchev–Trinajstić information content (AvgIpc) is 2.21. The lowest BCUT2D eigenvalue weighted by atomic mass is 10.1. The van der Waals surface area contributed by atoms with Gasteiger partial charge >= 0.3 is 0 Å². The molecule has 1 heterocycles. The molecular weight excluding hydrogens is 228 g/mol. The van der Waals surface area contributed by atoms with Crippen LogP contribution in [0.2, 0.25) is 0 Å². The summed E-state index contributed by atoms with van der Waals surface area (Å²) < 4.78 is 22.3. The largest absolute Gasteiger partial charge is 0.352 e. The van der Waals surface area contributed by atoms with E-state index >= 15 is 0 Å². The van der Waals surface area contributed by atoms with Gasteiger partial charge in [-0.25, -0.2) is 8.42 Å². The molecule has 1 fully saturated rings. The molecule has 1 unspecified atom stereocenters. The van der Waals surface area contributed by atoms with Crippen molar-refractivity contribution in [3.63, 3.8) is 0 Å². The molecule has 1 atom stereocenters. The van der Waals surface area contributed by atoms with Crippen LogP contribution in [0.25, 0.3) is 0 Å². The lowest BCUT2D eigenvalue weighted by molar-refractivity contribution is -0.123. The second-order valence-electron chi connectivity index (χ2n) is 3.95. The number of nitrogens with two attached hydrogens (primary N) is 1. The zero-order valence-corrected chi connectivity index (χ0v) is 9.79. The fourth-order valence-electron chi connectivity index (χ4n) is 1.56. The van der Waals surface area contributed by atoms with Crippen LogP contribution in [0.5, 0.6) is 0 Å². The van der Waals surface area contributed by atoms with Crippen LogP contribution >= 0.6 is 0 Å². The first kappa shape index (κ1) is 13.0. The Morgan fingerprint density at radius 2 is 2.06 bits per heavy atom. The van der Waals surface area contributed by atoms with Gasteiger partial charge in [0.2, 0.25) is 5.91 Å². The molecule has 0 spiro atoms. The van der Waals surface area contributed by atoms with Crippen LogP contribution in [0.4, 0.5) is 0 Å². The molecule has 1 amide bonds. The molecule has 6 heteroatoms. The maximum Gasteiger partial charge on any atom is 0.238 e. The molecule has 0 radical (unpaired) electrons. The molecule has 0 aliphatic carbocycles. The summed E-state index contributed by atoms with van der Waals surface area (Å²) in [6, 6.07) is -0.802. The average molecular weight is 244 g/mol. The summed E-state index contributed by atoms with van der Waals surface area (Å²) >= 11 is 0. The number of hydrogen-bond donors (Lipinski definition) is 2. The molecule has 1 aliphatic rings.